The molecule has 1 atom stereocenters. The van der Waals surface area contributed by atoms with Gasteiger partial charge in [0.15, 0.2) is 0 Å². The Hall–Kier alpha value is -2.27. The highest BCUT2D eigenvalue weighted by molar-refractivity contribution is 6.31. The second-order valence-corrected chi connectivity index (χ2v) is 5.00. The van der Waals surface area contributed by atoms with Crippen LogP contribution in [0.25, 0.3) is 5.70 Å². The van der Waals surface area contributed by atoms with Crippen molar-refractivity contribution in [2.75, 3.05) is 7.05 Å². The van der Waals surface area contributed by atoms with Crippen molar-refractivity contribution in [3.8, 4) is 0 Å². The number of hydrogen-bond donors (Lipinski definition) is 2. The van der Waals surface area contributed by atoms with Gasteiger partial charge in [-0.2, -0.15) is 5.10 Å². The van der Waals surface area contributed by atoms with Crippen LogP contribution in [0.2, 0.25) is 5.02 Å². The summed E-state index contributed by atoms with van der Waals surface area (Å²) in [5.74, 6) is -1.04. The average Bonchev–Trinajstić information content (AvgIpc) is 2.91. The Morgan fingerprint density at radius 1 is 1.48 bits per heavy atom. The predicted molar refractivity (Wildman–Crippen MR) is 82.5 cm³/mol. The van der Waals surface area contributed by atoms with Gasteiger partial charge in [-0.1, -0.05) is 36.4 Å². The minimum absolute atomic E-state index is 0.0915. The molecule has 110 valence electrons. The first-order valence-corrected chi connectivity index (χ1v) is 6.77. The van der Waals surface area contributed by atoms with Crippen molar-refractivity contribution in [3.05, 3.63) is 58.9 Å². The number of aromatic carboxylic acids is 1. The van der Waals surface area contributed by atoms with Gasteiger partial charge in [0.2, 0.25) is 0 Å². The summed E-state index contributed by atoms with van der Waals surface area (Å²) in [7, 11) is 1.71. The van der Waals surface area contributed by atoms with Crippen LogP contribution in [0.5, 0.6) is 0 Å². The Bertz CT molecular complexity index is 694. The summed E-state index contributed by atoms with van der Waals surface area (Å²) in [6, 6.07) is 8.50. The smallest absolute Gasteiger partial charge is 0.354 e. The highest BCUT2D eigenvalue weighted by Crippen LogP contribution is 2.27. The Morgan fingerprint density at radius 2 is 2.14 bits per heavy atom. The lowest BCUT2D eigenvalue weighted by molar-refractivity contribution is 0.0682. The van der Waals surface area contributed by atoms with Gasteiger partial charge in [0.1, 0.15) is 11.4 Å². The second kappa shape index (κ2) is 6.01. The van der Waals surface area contributed by atoms with E-state index in [1.54, 1.807) is 13.1 Å². The lowest BCUT2D eigenvalue weighted by atomic mass is 10.1. The number of nitrogens with one attached hydrogen (secondary N) is 1. The lowest BCUT2D eigenvalue weighted by Gasteiger charge is -2.16. The summed E-state index contributed by atoms with van der Waals surface area (Å²) in [6.07, 6.45) is 0. The Kier molecular flexibility index (Phi) is 4.33. The molecule has 1 aromatic heterocycles. The van der Waals surface area contributed by atoms with Crippen LogP contribution in [-0.2, 0) is 0 Å². The number of hydrogen-bond acceptors (Lipinski definition) is 3. The van der Waals surface area contributed by atoms with Crippen molar-refractivity contribution < 1.29 is 9.90 Å². The zero-order valence-electron chi connectivity index (χ0n) is 11.8. The molecule has 0 fully saturated rings. The fraction of sp³-hybridized carbons (Fsp3) is 0.200. The van der Waals surface area contributed by atoms with Crippen LogP contribution in [0.3, 0.4) is 0 Å². The van der Waals surface area contributed by atoms with E-state index in [1.165, 1.54) is 10.7 Å². The van der Waals surface area contributed by atoms with Gasteiger partial charge in [0.25, 0.3) is 0 Å². The van der Waals surface area contributed by atoms with E-state index in [0.29, 0.717) is 16.4 Å². The summed E-state index contributed by atoms with van der Waals surface area (Å²) in [5, 5.41) is 17.1. The summed E-state index contributed by atoms with van der Waals surface area (Å²) in [4.78, 5) is 11.4. The average molecular weight is 306 g/mol. The van der Waals surface area contributed by atoms with Crippen LogP contribution >= 0.6 is 11.6 Å². The van der Waals surface area contributed by atoms with Crippen LogP contribution in [0, 0.1) is 0 Å². The minimum Gasteiger partial charge on any atom is -0.477 e. The van der Waals surface area contributed by atoms with Crippen molar-refractivity contribution in [2.45, 2.75) is 13.0 Å². The van der Waals surface area contributed by atoms with Crippen molar-refractivity contribution >= 4 is 23.3 Å². The molecule has 0 radical (unpaired) electrons. The SMILES string of the molecule is C=C(NC)c1cc(C(=O)O)n(C(C)c2ccccc2Cl)n1. The molecule has 0 spiro atoms. The highest BCUT2D eigenvalue weighted by atomic mass is 35.5. The maximum absolute atomic E-state index is 11.4. The first-order valence-electron chi connectivity index (χ1n) is 6.40. The van der Waals surface area contributed by atoms with Crippen molar-refractivity contribution in [3.63, 3.8) is 0 Å². The van der Waals surface area contributed by atoms with E-state index in [0.717, 1.165) is 5.56 Å². The van der Waals surface area contributed by atoms with E-state index in [1.807, 2.05) is 25.1 Å². The molecule has 6 heteroatoms. The van der Waals surface area contributed by atoms with Gasteiger partial charge in [-0.3, -0.25) is 4.68 Å². The number of rotatable bonds is 5. The third-order valence-corrected chi connectivity index (χ3v) is 3.63. The Balaban J connectivity index is 2.52. The molecule has 5 nitrogen and oxygen atoms in total. The molecule has 2 N–H and O–H groups in total. The molecule has 2 aromatic rings. The van der Waals surface area contributed by atoms with E-state index in [2.05, 4.69) is 17.0 Å². The zero-order valence-corrected chi connectivity index (χ0v) is 12.6. The molecule has 0 amide bonds. The summed E-state index contributed by atoms with van der Waals surface area (Å²) in [6.45, 7) is 5.65. The largest absolute Gasteiger partial charge is 0.477 e. The fourth-order valence-corrected chi connectivity index (χ4v) is 2.36. The molecular formula is C15H16ClN3O2. The molecule has 1 heterocycles. The number of benzene rings is 1. The van der Waals surface area contributed by atoms with E-state index in [9.17, 15) is 9.90 Å². The van der Waals surface area contributed by atoms with Gasteiger partial charge in [-0.15, -0.1) is 0 Å². The van der Waals surface area contributed by atoms with Crippen LogP contribution < -0.4 is 5.32 Å². The molecule has 1 aromatic carbocycles. The van der Waals surface area contributed by atoms with Crippen molar-refractivity contribution in [1.82, 2.24) is 15.1 Å². The van der Waals surface area contributed by atoms with E-state index in [4.69, 9.17) is 11.6 Å². The first kappa shape index (κ1) is 15.1. The number of carbonyl (C=O) groups is 1. The first-order chi connectivity index (χ1) is 9.95. The van der Waals surface area contributed by atoms with Gasteiger partial charge >= 0.3 is 5.97 Å². The molecule has 0 saturated heterocycles. The third-order valence-electron chi connectivity index (χ3n) is 3.29. The normalized spacial score (nSPS) is 12.0. The molecule has 2 rings (SSSR count). The van der Waals surface area contributed by atoms with Gasteiger partial charge < -0.3 is 10.4 Å². The number of carboxylic acids is 1. The summed E-state index contributed by atoms with van der Waals surface area (Å²) in [5.41, 5.74) is 1.96. The van der Waals surface area contributed by atoms with Crippen LogP contribution in [0.4, 0.5) is 0 Å². The number of carboxylic acid groups (broad SMARTS) is 1. The van der Waals surface area contributed by atoms with Crippen LogP contribution in [-0.4, -0.2) is 27.9 Å². The molecule has 0 saturated carbocycles. The number of nitrogens with zero attached hydrogens (tertiary/aromatic N) is 2. The molecule has 21 heavy (non-hydrogen) atoms. The summed E-state index contributed by atoms with van der Waals surface area (Å²) >= 11 is 6.18. The van der Waals surface area contributed by atoms with Gasteiger partial charge in [-0.05, 0) is 18.6 Å². The van der Waals surface area contributed by atoms with Crippen LogP contribution in [0.1, 0.15) is 34.7 Å². The van der Waals surface area contributed by atoms with E-state index >= 15 is 0 Å². The zero-order chi connectivity index (χ0) is 15.6. The third kappa shape index (κ3) is 2.92. The topological polar surface area (TPSA) is 67.2 Å². The maximum atomic E-state index is 11.4. The van der Waals surface area contributed by atoms with Gasteiger partial charge in [0, 0.05) is 18.1 Å². The minimum atomic E-state index is -1.04. The Labute approximate surface area is 127 Å². The summed E-state index contributed by atoms with van der Waals surface area (Å²) < 4.78 is 1.45. The molecule has 0 bridgehead atoms. The van der Waals surface area contributed by atoms with Gasteiger partial charge in [-0.25, -0.2) is 4.79 Å². The highest BCUT2D eigenvalue weighted by Gasteiger charge is 2.21. The molecule has 0 aliphatic heterocycles. The number of aromatic nitrogens is 2. The van der Waals surface area contributed by atoms with Crippen molar-refractivity contribution in [1.29, 1.82) is 0 Å². The quantitative estimate of drug-likeness (QED) is 0.891. The maximum Gasteiger partial charge on any atom is 0.354 e. The monoisotopic (exact) mass is 305 g/mol. The standard InChI is InChI=1S/C15H16ClN3O2/c1-9(17-3)13-8-14(15(20)21)19(18-13)10(2)11-6-4-5-7-12(11)16/h4-8,10,17H,1H2,2-3H3,(H,20,21). The fourth-order valence-electron chi connectivity index (χ4n) is 2.07. The molecule has 1 unspecified atom stereocenters. The van der Waals surface area contributed by atoms with E-state index in [-0.39, 0.29) is 11.7 Å². The predicted octanol–water partition coefficient (Wildman–Crippen LogP) is 3.03. The second-order valence-electron chi connectivity index (χ2n) is 4.59. The number of halogens is 1. The van der Waals surface area contributed by atoms with Crippen molar-refractivity contribution in [2.24, 2.45) is 0 Å². The van der Waals surface area contributed by atoms with E-state index < -0.39 is 5.97 Å². The molecule has 0 aliphatic rings. The molecule has 0 aliphatic carbocycles. The van der Waals surface area contributed by atoms with Crippen LogP contribution in [0.15, 0.2) is 36.9 Å². The molecular weight excluding hydrogens is 290 g/mol. The Morgan fingerprint density at radius 3 is 2.71 bits per heavy atom. The van der Waals surface area contributed by atoms with Gasteiger partial charge in [0.05, 0.1) is 11.7 Å². The lowest BCUT2D eigenvalue weighted by Crippen LogP contribution is -2.16.